The maximum absolute atomic E-state index is 13.7. The minimum absolute atomic E-state index is 0.0114. The Labute approximate surface area is 267 Å². The Balaban J connectivity index is 1.31. The number of ether oxygens (including phenoxy) is 1. The van der Waals surface area contributed by atoms with Gasteiger partial charge in [-0.1, -0.05) is 44.2 Å². The molecule has 246 valence electrons. The van der Waals surface area contributed by atoms with Gasteiger partial charge in [-0.15, -0.1) is 0 Å². The van der Waals surface area contributed by atoms with Crippen LogP contribution in [-0.4, -0.2) is 96.9 Å². The molecule has 0 aliphatic carbocycles. The van der Waals surface area contributed by atoms with Gasteiger partial charge in [-0.05, 0) is 51.8 Å². The number of hydrogen-bond acceptors (Lipinski definition) is 10. The number of carbonyl (C=O) groups excluding carboxylic acids is 2. The number of nitrogens with one attached hydrogen (secondary N) is 2. The second kappa shape index (κ2) is 16.7. The molecule has 0 radical (unpaired) electrons. The van der Waals surface area contributed by atoms with Crippen LogP contribution >= 0.6 is 0 Å². The molecule has 3 fully saturated rings. The van der Waals surface area contributed by atoms with Gasteiger partial charge in [-0.3, -0.25) is 19.6 Å². The average Bonchev–Trinajstić information content (AvgIpc) is 3.70. The Kier molecular flexibility index (Phi) is 13.1. The topological polar surface area (TPSA) is 138 Å². The zero-order valence-corrected chi connectivity index (χ0v) is 28.0. The van der Waals surface area contributed by atoms with E-state index in [1.54, 1.807) is 6.92 Å². The third kappa shape index (κ3) is 9.88. The number of carbonyl (C=O) groups is 2. The molecule has 2 bridgehead atoms. The highest BCUT2D eigenvalue weighted by molar-refractivity contribution is 6.62. The van der Waals surface area contributed by atoms with E-state index in [0.29, 0.717) is 26.2 Å². The van der Waals surface area contributed by atoms with Crippen LogP contribution in [0.1, 0.15) is 53.0 Å². The first-order valence-electron chi connectivity index (χ1n) is 15.8. The van der Waals surface area contributed by atoms with Crippen LogP contribution in [0.2, 0.25) is 6.04 Å². The Morgan fingerprint density at radius 3 is 2.53 bits per heavy atom. The van der Waals surface area contributed by atoms with Gasteiger partial charge >= 0.3 is 15.9 Å². The zero-order valence-electron chi connectivity index (χ0n) is 27.0. The first-order chi connectivity index (χ1) is 21.6. The first-order valence-corrected chi connectivity index (χ1v) is 17.7. The zero-order chi connectivity index (χ0) is 32.4. The lowest BCUT2D eigenvalue weighted by Gasteiger charge is -2.26. The SMILES string of the molecule is C=N/C(=C\N=CC)C(=O)N[C@@H](Cc1ccccc1)C(=O)N[C@@H](CC(C)C)B1OCC(COCCC[Si]23OC(C)C(O2)C(C)O3)O1. The van der Waals surface area contributed by atoms with Crippen molar-refractivity contribution in [2.24, 2.45) is 15.9 Å². The summed E-state index contributed by atoms with van der Waals surface area (Å²) in [5, 5.41) is 5.89. The number of benzene rings is 1. The molecule has 3 unspecified atom stereocenters. The lowest BCUT2D eigenvalue weighted by Crippen LogP contribution is -2.55. The summed E-state index contributed by atoms with van der Waals surface area (Å²) in [4.78, 5) is 34.4. The van der Waals surface area contributed by atoms with Crippen LogP contribution in [0.5, 0.6) is 0 Å². The maximum atomic E-state index is 13.7. The highest BCUT2D eigenvalue weighted by Crippen LogP contribution is 2.40. The van der Waals surface area contributed by atoms with E-state index in [0.717, 1.165) is 18.0 Å². The number of amides is 2. The molecule has 2 N–H and O–H groups in total. The Morgan fingerprint density at radius 2 is 1.89 bits per heavy atom. The molecule has 45 heavy (non-hydrogen) atoms. The third-order valence-corrected chi connectivity index (χ3v) is 10.9. The van der Waals surface area contributed by atoms with Crippen LogP contribution in [0.4, 0.5) is 0 Å². The number of rotatable bonds is 17. The fourth-order valence-corrected chi connectivity index (χ4v) is 9.05. The quantitative estimate of drug-likeness (QED) is 0.115. The second-order valence-corrected chi connectivity index (χ2v) is 14.7. The molecule has 3 heterocycles. The molecular formula is C31H47BN4O8Si. The van der Waals surface area contributed by atoms with E-state index in [4.69, 9.17) is 27.3 Å². The fraction of sp³-hybridized carbons (Fsp3) is 0.613. The minimum Gasteiger partial charge on any atom is -0.407 e. The largest absolute Gasteiger partial charge is 0.502 e. The lowest BCUT2D eigenvalue weighted by molar-refractivity contribution is -0.127. The van der Waals surface area contributed by atoms with Crippen molar-refractivity contribution in [1.29, 1.82) is 0 Å². The Hall–Kier alpha value is -2.72. The van der Waals surface area contributed by atoms with Gasteiger partial charge in [0, 0.05) is 25.3 Å². The van der Waals surface area contributed by atoms with E-state index in [2.05, 4.69) is 41.2 Å². The number of fused-ring (bicyclic) bond motifs is 2. The van der Waals surface area contributed by atoms with Crippen LogP contribution in [0.25, 0.3) is 0 Å². The monoisotopic (exact) mass is 642 g/mol. The van der Waals surface area contributed by atoms with Gasteiger partial charge in [0.2, 0.25) is 5.91 Å². The van der Waals surface area contributed by atoms with E-state index in [1.807, 2.05) is 44.2 Å². The molecule has 5 atom stereocenters. The Bertz CT molecular complexity index is 1190. The lowest BCUT2D eigenvalue weighted by atomic mass is 9.74. The smallest absolute Gasteiger partial charge is 0.407 e. The molecule has 3 aliphatic rings. The van der Waals surface area contributed by atoms with Crippen LogP contribution in [0, 0.1) is 5.92 Å². The molecule has 14 heteroatoms. The van der Waals surface area contributed by atoms with Gasteiger partial charge in [0.1, 0.15) is 11.7 Å². The molecule has 0 saturated carbocycles. The molecule has 0 aromatic heterocycles. The van der Waals surface area contributed by atoms with Crippen LogP contribution in [-0.2, 0) is 43.3 Å². The maximum Gasteiger partial charge on any atom is 0.502 e. The van der Waals surface area contributed by atoms with Gasteiger partial charge in [0.05, 0.1) is 49.8 Å². The van der Waals surface area contributed by atoms with Gasteiger partial charge < -0.3 is 38.0 Å². The molecule has 3 aliphatic heterocycles. The Morgan fingerprint density at radius 1 is 1.16 bits per heavy atom. The summed E-state index contributed by atoms with van der Waals surface area (Å²) in [6.45, 7) is 14.6. The van der Waals surface area contributed by atoms with Gasteiger partial charge in [-0.25, -0.2) is 0 Å². The number of nitrogens with zero attached hydrogens (tertiary/aromatic N) is 2. The summed E-state index contributed by atoms with van der Waals surface area (Å²) in [6.07, 6.45) is 4.40. The van der Waals surface area contributed by atoms with Crippen molar-refractivity contribution in [2.75, 3.05) is 19.8 Å². The van der Waals surface area contributed by atoms with Crippen molar-refractivity contribution in [3.63, 3.8) is 0 Å². The number of hydrogen-bond donors (Lipinski definition) is 2. The summed E-state index contributed by atoms with van der Waals surface area (Å²) in [6, 6.07) is 9.32. The predicted octanol–water partition coefficient (Wildman–Crippen LogP) is 2.89. The highest BCUT2D eigenvalue weighted by Gasteiger charge is 2.60. The van der Waals surface area contributed by atoms with Crippen molar-refractivity contribution < 1.29 is 36.9 Å². The first kappa shape index (κ1) is 35.1. The van der Waals surface area contributed by atoms with E-state index >= 15 is 0 Å². The average molecular weight is 643 g/mol. The van der Waals surface area contributed by atoms with E-state index < -0.39 is 33.8 Å². The summed E-state index contributed by atoms with van der Waals surface area (Å²) in [5.74, 6) is -1.09. The third-order valence-electron chi connectivity index (χ3n) is 7.86. The molecular weight excluding hydrogens is 595 g/mol. The standard InChI is InChI=1S/C31H47BN4O8Si/c1-7-34-18-27(33-6)31(38)35-26(17-24-12-9-8-10-13-24)30(37)36-28(16-21(2)3)32-40-20-25(41-32)19-39-14-11-15-45-42-22(4)29(44-45)23(5)43-45/h7-10,12-13,18,21-23,25-26,28-29H,6,11,14-17,19-20H2,1-5H3,(H,35,38)(H,36,37)/b27-18-,34-7?/t22?,23?,25?,26-,28-,29?,45?/m0/s1. The molecule has 0 spiro atoms. The summed E-state index contributed by atoms with van der Waals surface area (Å²) in [5.41, 5.74) is 0.904. The van der Waals surface area contributed by atoms with E-state index in [-0.39, 0.29) is 48.4 Å². The fourth-order valence-electron chi connectivity index (χ4n) is 5.75. The highest BCUT2D eigenvalue weighted by atomic mass is 28.4. The van der Waals surface area contributed by atoms with Crippen molar-refractivity contribution in [2.45, 2.75) is 96.3 Å². The second-order valence-electron chi connectivity index (χ2n) is 12.1. The van der Waals surface area contributed by atoms with Gasteiger partial charge in [0.25, 0.3) is 5.91 Å². The van der Waals surface area contributed by atoms with Crippen molar-refractivity contribution in [3.8, 4) is 0 Å². The van der Waals surface area contributed by atoms with Gasteiger partial charge in [0.15, 0.2) is 0 Å². The van der Waals surface area contributed by atoms with Crippen LogP contribution < -0.4 is 10.6 Å². The molecule has 4 rings (SSSR count). The van der Waals surface area contributed by atoms with E-state index in [9.17, 15) is 9.59 Å². The summed E-state index contributed by atoms with van der Waals surface area (Å²) in [7, 11) is -3.23. The summed E-state index contributed by atoms with van der Waals surface area (Å²) >= 11 is 0. The summed E-state index contributed by atoms with van der Waals surface area (Å²) < 4.78 is 36.3. The van der Waals surface area contributed by atoms with Crippen LogP contribution in [0.3, 0.4) is 0 Å². The molecule has 3 saturated heterocycles. The molecule has 1 aromatic carbocycles. The predicted molar refractivity (Wildman–Crippen MR) is 174 cm³/mol. The minimum atomic E-state index is -2.58. The molecule has 12 nitrogen and oxygen atoms in total. The van der Waals surface area contributed by atoms with Crippen LogP contribution in [0.15, 0.2) is 52.2 Å². The van der Waals surface area contributed by atoms with Crippen molar-refractivity contribution in [3.05, 3.63) is 47.8 Å². The normalized spacial score (nSPS) is 27.7. The van der Waals surface area contributed by atoms with Crippen molar-refractivity contribution >= 4 is 40.7 Å². The number of aliphatic imine (C=N–C) groups is 2. The van der Waals surface area contributed by atoms with Crippen molar-refractivity contribution in [1.82, 2.24) is 10.6 Å². The van der Waals surface area contributed by atoms with Gasteiger partial charge in [-0.2, -0.15) is 0 Å². The molecule has 2 amide bonds. The van der Waals surface area contributed by atoms with E-state index in [1.165, 1.54) is 12.4 Å². The molecule has 1 aromatic rings.